The summed E-state index contributed by atoms with van der Waals surface area (Å²) in [5.74, 6) is 0.947. The summed E-state index contributed by atoms with van der Waals surface area (Å²) < 4.78 is 5.71. The summed E-state index contributed by atoms with van der Waals surface area (Å²) >= 11 is 0. The lowest BCUT2D eigenvalue weighted by Gasteiger charge is -2.39. The second kappa shape index (κ2) is 11.1. The fraction of sp³-hybridized carbons (Fsp3) is 0.708. The quantitative estimate of drug-likeness (QED) is 0.348. The molecule has 1 saturated carbocycles. The third-order valence-electron chi connectivity index (χ3n) is 7.39. The van der Waals surface area contributed by atoms with Crippen LogP contribution >= 0.6 is 24.0 Å². The number of hydrogen-bond acceptors (Lipinski definition) is 3. The number of aryl methyl sites for hydroxylation is 1. The number of halogens is 1. The molecule has 168 valence electrons. The predicted molar refractivity (Wildman–Crippen MR) is 135 cm³/mol. The van der Waals surface area contributed by atoms with Gasteiger partial charge in [0.1, 0.15) is 0 Å². The first kappa shape index (κ1) is 23.8. The lowest BCUT2D eigenvalue weighted by Crippen LogP contribution is -2.51. The molecule has 1 atom stereocenters. The van der Waals surface area contributed by atoms with Crippen LogP contribution in [-0.4, -0.2) is 62.8 Å². The predicted octanol–water partition coefficient (Wildman–Crippen LogP) is 3.84. The number of likely N-dealkylation sites (tertiary alicyclic amines) is 1. The SMILES string of the molecule is CN=C(NCC1(c2ccccc2C)CCOCC1)NC1CCN(C2CCCC2)C1.I. The van der Waals surface area contributed by atoms with E-state index in [1.54, 1.807) is 0 Å². The number of guanidine groups is 1. The van der Waals surface area contributed by atoms with Gasteiger partial charge in [-0.25, -0.2) is 0 Å². The largest absolute Gasteiger partial charge is 0.381 e. The molecule has 3 fully saturated rings. The van der Waals surface area contributed by atoms with Gasteiger partial charge in [-0.2, -0.15) is 0 Å². The highest BCUT2D eigenvalue weighted by molar-refractivity contribution is 14.0. The highest BCUT2D eigenvalue weighted by Gasteiger charge is 2.36. The summed E-state index contributed by atoms with van der Waals surface area (Å²) in [7, 11) is 1.89. The van der Waals surface area contributed by atoms with Gasteiger partial charge >= 0.3 is 0 Å². The Labute approximate surface area is 199 Å². The van der Waals surface area contributed by atoms with Gasteiger partial charge in [-0.05, 0) is 50.2 Å². The van der Waals surface area contributed by atoms with Crippen molar-refractivity contribution in [3.63, 3.8) is 0 Å². The van der Waals surface area contributed by atoms with E-state index in [1.165, 1.54) is 49.8 Å². The van der Waals surface area contributed by atoms with Crippen molar-refractivity contribution in [1.29, 1.82) is 0 Å². The molecule has 2 aliphatic heterocycles. The Morgan fingerprint density at radius 1 is 1.17 bits per heavy atom. The second-order valence-electron chi connectivity index (χ2n) is 9.20. The van der Waals surface area contributed by atoms with Gasteiger partial charge in [0.05, 0.1) is 0 Å². The minimum absolute atomic E-state index is 0. The molecule has 4 rings (SSSR count). The molecule has 1 unspecified atom stereocenters. The lowest BCUT2D eigenvalue weighted by molar-refractivity contribution is 0.0511. The maximum Gasteiger partial charge on any atom is 0.191 e. The fourth-order valence-electron chi connectivity index (χ4n) is 5.62. The minimum Gasteiger partial charge on any atom is -0.381 e. The summed E-state index contributed by atoms with van der Waals surface area (Å²) in [6.07, 6.45) is 8.93. The van der Waals surface area contributed by atoms with Gasteiger partial charge in [-0.3, -0.25) is 9.89 Å². The van der Waals surface area contributed by atoms with Crippen molar-refractivity contribution in [1.82, 2.24) is 15.5 Å². The molecular weight excluding hydrogens is 487 g/mol. The Morgan fingerprint density at radius 2 is 1.90 bits per heavy atom. The van der Waals surface area contributed by atoms with E-state index >= 15 is 0 Å². The smallest absolute Gasteiger partial charge is 0.191 e. The Morgan fingerprint density at radius 3 is 2.60 bits per heavy atom. The van der Waals surface area contributed by atoms with Gasteiger partial charge in [0.2, 0.25) is 0 Å². The Bertz CT molecular complexity index is 698. The summed E-state index contributed by atoms with van der Waals surface area (Å²) in [5, 5.41) is 7.39. The number of hydrogen-bond donors (Lipinski definition) is 2. The zero-order chi connectivity index (χ0) is 20.1. The molecule has 0 aromatic heterocycles. The van der Waals surface area contributed by atoms with Crippen molar-refractivity contribution in [2.45, 2.75) is 69.4 Å². The number of benzene rings is 1. The maximum atomic E-state index is 5.71. The number of nitrogens with zero attached hydrogens (tertiary/aromatic N) is 2. The average Bonchev–Trinajstić information content (AvgIpc) is 3.44. The highest BCUT2D eigenvalue weighted by atomic mass is 127. The van der Waals surface area contributed by atoms with Gasteiger partial charge in [-0.15, -0.1) is 24.0 Å². The first-order valence-electron chi connectivity index (χ1n) is 11.6. The van der Waals surface area contributed by atoms with E-state index in [2.05, 4.69) is 51.7 Å². The summed E-state index contributed by atoms with van der Waals surface area (Å²) in [5.41, 5.74) is 2.95. The first-order chi connectivity index (χ1) is 14.2. The van der Waals surface area contributed by atoms with E-state index in [-0.39, 0.29) is 29.4 Å². The summed E-state index contributed by atoms with van der Waals surface area (Å²) in [6, 6.07) is 10.2. The summed E-state index contributed by atoms with van der Waals surface area (Å²) in [6.45, 7) is 7.18. The molecule has 2 saturated heterocycles. The van der Waals surface area contributed by atoms with Gasteiger partial charge < -0.3 is 15.4 Å². The maximum absolute atomic E-state index is 5.71. The molecule has 30 heavy (non-hydrogen) atoms. The number of ether oxygens (including phenoxy) is 1. The molecule has 3 aliphatic rings. The van der Waals surface area contributed by atoms with Gasteiger partial charge in [0.15, 0.2) is 5.96 Å². The Balaban J connectivity index is 0.00000256. The average molecular weight is 527 g/mol. The minimum atomic E-state index is 0. The van der Waals surface area contributed by atoms with E-state index < -0.39 is 0 Å². The van der Waals surface area contributed by atoms with Crippen LogP contribution in [0.15, 0.2) is 29.3 Å². The topological polar surface area (TPSA) is 48.9 Å². The summed E-state index contributed by atoms with van der Waals surface area (Å²) in [4.78, 5) is 7.25. The zero-order valence-corrected chi connectivity index (χ0v) is 21.0. The van der Waals surface area contributed by atoms with Crippen molar-refractivity contribution < 1.29 is 4.74 Å². The van der Waals surface area contributed by atoms with Crippen LogP contribution in [0.4, 0.5) is 0 Å². The molecule has 6 heteroatoms. The molecule has 1 aromatic rings. The van der Waals surface area contributed by atoms with Gasteiger partial charge in [-0.1, -0.05) is 37.1 Å². The lowest BCUT2D eigenvalue weighted by atomic mass is 9.72. The molecule has 0 bridgehead atoms. The highest BCUT2D eigenvalue weighted by Crippen LogP contribution is 2.36. The van der Waals surface area contributed by atoms with E-state index in [0.29, 0.717) is 6.04 Å². The van der Waals surface area contributed by atoms with Crippen LogP contribution in [-0.2, 0) is 10.2 Å². The van der Waals surface area contributed by atoms with E-state index in [1.807, 2.05) is 7.05 Å². The third kappa shape index (κ3) is 5.49. The van der Waals surface area contributed by atoms with Crippen molar-refractivity contribution >= 4 is 29.9 Å². The van der Waals surface area contributed by atoms with Crippen LogP contribution in [0.25, 0.3) is 0 Å². The monoisotopic (exact) mass is 526 g/mol. The molecule has 5 nitrogen and oxygen atoms in total. The van der Waals surface area contributed by atoms with E-state index in [9.17, 15) is 0 Å². The molecule has 1 aliphatic carbocycles. The normalized spacial score (nSPS) is 25.1. The van der Waals surface area contributed by atoms with Crippen molar-refractivity contribution in [3.05, 3.63) is 35.4 Å². The fourth-order valence-corrected chi connectivity index (χ4v) is 5.62. The van der Waals surface area contributed by atoms with Gasteiger partial charge in [0.25, 0.3) is 0 Å². The molecule has 2 N–H and O–H groups in total. The van der Waals surface area contributed by atoms with Crippen molar-refractivity contribution in [3.8, 4) is 0 Å². The third-order valence-corrected chi connectivity index (χ3v) is 7.39. The molecule has 2 heterocycles. The molecule has 1 aromatic carbocycles. The van der Waals surface area contributed by atoms with Gasteiger partial charge in [0, 0.05) is 57.4 Å². The standard InChI is InChI=1S/C24H38N4O.HI/c1-19-7-3-6-10-22(19)24(12-15-29-16-13-24)18-26-23(25-2)27-20-11-14-28(17-20)21-8-4-5-9-21;/h3,6-7,10,20-21H,4-5,8-9,11-18H2,1-2H3,(H2,25,26,27);1H. The first-order valence-corrected chi connectivity index (χ1v) is 11.6. The Hall–Kier alpha value is -0.860. The number of nitrogens with one attached hydrogen (secondary N) is 2. The van der Waals surface area contributed by atoms with Crippen LogP contribution in [0.1, 0.15) is 56.1 Å². The molecule has 0 radical (unpaired) electrons. The van der Waals surface area contributed by atoms with Crippen LogP contribution in [0.5, 0.6) is 0 Å². The number of aliphatic imine (C=N–C) groups is 1. The van der Waals surface area contributed by atoms with Crippen molar-refractivity contribution in [2.24, 2.45) is 4.99 Å². The van der Waals surface area contributed by atoms with E-state index in [4.69, 9.17) is 4.74 Å². The molecule has 0 amide bonds. The van der Waals surface area contributed by atoms with Crippen LogP contribution < -0.4 is 10.6 Å². The second-order valence-corrected chi connectivity index (χ2v) is 9.20. The van der Waals surface area contributed by atoms with Crippen LogP contribution in [0.2, 0.25) is 0 Å². The van der Waals surface area contributed by atoms with Crippen molar-refractivity contribution in [2.75, 3.05) is 39.9 Å². The van der Waals surface area contributed by atoms with E-state index in [0.717, 1.165) is 51.1 Å². The van der Waals surface area contributed by atoms with Crippen LogP contribution in [0.3, 0.4) is 0 Å². The molecular formula is C24H39IN4O. The zero-order valence-electron chi connectivity index (χ0n) is 18.7. The van der Waals surface area contributed by atoms with Crippen LogP contribution in [0, 0.1) is 6.92 Å². The number of rotatable bonds is 5. The Kier molecular flexibility index (Phi) is 8.83. The molecule has 0 spiro atoms.